The van der Waals surface area contributed by atoms with E-state index >= 15 is 0 Å². The summed E-state index contributed by atoms with van der Waals surface area (Å²) in [6, 6.07) is 14.1. The Bertz CT molecular complexity index is 1110. The molecule has 2 aliphatic heterocycles. The molecule has 0 bridgehead atoms. The third kappa shape index (κ3) is 4.64. The lowest BCUT2D eigenvalue weighted by atomic mass is 9.89. The number of carbonyl (C=O) groups excluding carboxylic acids is 2. The van der Waals surface area contributed by atoms with Crippen molar-refractivity contribution in [2.24, 2.45) is 0 Å². The van der Waals surface area contributed by atoms with Crippen LogP contribution in [0, 0.1) is 6.92 Å². The van der Waals surface area contributed by atoms with Crippen LogP contribution in [-0.4, -0.2) is 52.9 Å². The molecule has 6 nitrogen and oxygen atoms in total. The molecule has 0 radical (unpaired) electrons. The Morgan fingerprint density at radius 3 is 2.36 bits per heavy atom. The lowest BCUT2D eigenvalue weighted by Gasteiger charge is -2.39. The highest BCUT2D eigenvalue weighted by atomic mass is 32.1. The van der Waals surface area contributed by atoms with Crippen LogP contribution >= 0.6 is 11.3 Å². The predicted octanol–water partition coefficient (Wildman–Crippen LogP) is 5.10. The molecule has 33 heavy (non-hydrogen) atoms. The Kier molecular flexibility index (Phi) is 6.13. The number of nitrogens with zero attached hydrogens (tertiary/aromatic N) is 3. The number of benzene rings is 1. The summed E-state index contributed by atoms with van der Waals surface area (Å²) in [5.74, 6) is 0.975. The van der Waals surface area contributed by atoms with E-state index in [4.69, 9.17) is 0 Å². The highest BCUT2D eigenvalue weighted by molar-refractivity contribution is 7.12. The topological polar surface area (TPSA) is 65.5 Å². The fourth-order valence-corrected chi connectivity index (χ4v) is 5.56. The van der Waals surface area contributed by atoms with Gasteiger partial charge in [0, 0.05) is 50.2 Å². The van der Waals surface area contributed by atoms with Gasteiger partial charge in [-0.25, -0.2) is 4.79 Å². The second kappa shape index (κ2) is 9.35. The molecular weight excluding hydrogens is 432 g/mol. The first-order chi connectivity index (χ1) is 16.1. The maximum Gasteiger partial charge on any atom is 0.321 e. The Morgan fingerprint density at radius 2 is 1.73 bits per heavy atom. The van der Waals surface area contributed by atoms with Crippen molar-refractivity contribution in [1.29, 1.82) is 0 Å². The summed E-state index contributed by atoms with van der Waals surface area (Å²) >= 11 is 1.53. The molecule has 3 amide bonds. The fourth-order valence-electron chi connectivity index (χ4n) is 4.67. The third-order valence-electron chi connectivity index (χ3n) is 6.80. The van der Waals surface area contributed by atoms with Gasteiger partial charge in [0.15, 0.2) is 0 Å². The lowest BCUT2D eigenvalue weighted by molar-refractivity contribution is 0.0717. The molecule has 1 N–H and O–H groups in total. The van der Waals surface area contributed by atoms with E-state index in [2.05, 4.69) is 28.5 Å². The lowest BCUT2D eigenvalue weighted by Crippen LogP contribution is -2.50. The Labute approximate surface area is 198 Å². The van der Waals surface area contributed by atoms with Crippen molar-refractivity contribution in [2.45, 2.75) is 31.6 Å². The summed E-state index contributed by atoms with van der Waals surface area (Å²) < 4.78 is 0. The fraction of sp³-hybridized carbons (Fsp3) is 0.346. The minimum atomic E-state index is -0.0569. The smallest absolute Gasteiger partial charge is 0.321 e. The van der Waals surface area contributed by atoms with Crippen LogP contribution in [0.1, 0.15) is 51.0 Å². The summed E-state index contributed by atoms with van der Waals surface area (Å²) in [6.07, 6.45) is 5.57. The molecule has 3 aromatic rings. The molecular formula is C26H28N4O2S. The molecule has 0 atom stereocenters. The van der Waals surface area contributed by atoms with Crippen LogP contribution in [0.15, 0.2) is 60.2 Å². The minimum Gasteiger partial charge on any atom is -0.338 e. The van der Waals surface area contributed by atoms with Crippen LogP contribution in [0.3, 0.4) is 0 Å². The second-order valence-electron chi connectivity index (χ2n) is 8.94. The van der Waals surface area contributed by atoms with Gasteiger partial charge < -0.3 is 15.1 Å². The largest absolute Gasteiger partial charge is 0.338 e. The summed E-state index contributed by atoms with van der Waals surface area (Å²) in [7, 11) is 0. The van der Waals surface area contributed by atoms with Crippen molar-refractivity contribution in [2.75, 3.05) is 31.5 Å². The van der Waals surface area contributed by atoms with E-state index in [1.54, 1.807) is 6.20 Å². The Hall–Kier alpha value is -3.19. The van der Waals surface area contributed by atoms with Crippen LogP contribution in [0.5, 0.6) is 0 Å². The van der Waals surface area contributed by atoms with Crippen molar-refractivity contribution >= 4 is 29.0 Å². The number of pyridine rings is 1. The highest BCUT2D eigenvalue weighted by Gasteiger charge is 2.32. The average molecular weight is 461 g/mol. The van der Waals surface area contributed by atoms with Crippen LogP contribution in [0.4, 0.5) is 10.5 Å². The molecule has 4 heterocycles. The standard InChI is InChI=1S/C26H28N4O2S/c1-18-10-14-33-24(18)25(31)29-12-8-20(9-13-29)19-4-6-23(7-5-19)28-26(32)30-16-22(17-30)21-3-2-11-27-15-21/h2-7,10-11,14-15,20,22H,8-9,12-13,16-17H2,1H3,(H,28,32). The van der Waals surface area contributed by atoms with Crippen LogP contribution < -0.4 is 5.32 Å². The summed E-state index contributed by atoms with van der Waals surface area (Å²) in [5.41, 5.74) is 4.34. The monoisotopic (exact) mass is 460 g/mol. The van der Waals surface area contributed by atoms with E-state index in [9.17, 15) is 9.59 Å². The number of hydrogen-bond acceptors (Lipinski definition) is 4. The highest BCUT2D eigenvalue weighted by Crippen LogP contribution is 2.31. The Balaban J connectivity index is 1.11. The minimum absolute atomic E-state index is 0.0569. The molecule has 2 fully saturated rings. The molecule has 0 saturated carbocycles. The molecule has 5 rings (SSSR count). The van der Waals surface area contributed by atoms with Gasteiger partial charge in [0.1, 0.15) is 0 Å². The molecule has 2 aliphatic rings. The molecule has 0 aliphatic carbocycles. The molecule has 0 unspecified atom stereocenters. The van der Waals surface area contributed by atoms with Crippen molar-refractivity contribution in [3.05, 3.63) is 81.8 Å². The number of piperidine rings is 1. The van der Waals surface area contributed by atoms with Crippen molar-refractivity contribution in [3.8, 4) is 0 Å². The van der Waals surface area contributed by atoms with E-state index in [-0.39, 0.29) is 11.9 Å². The number of aryl methyl sites for hydroxylation is 1. The zero-order valence-corrected chi connectivity index (χ0v) is 19.6. The number of nitrogens with one attached hydrogen (secondary N) is 1. The van der Waals surface area contributed by atoms with Gasteiger partial charge in [-0.2, -0.15) is 0 Å². The van der Waals surface area contributed by atoms with Crippen molar-refractivity contribution in [1.82, 2.24) is 14.8 Å². The van der Waals surface area contributed by atoms with E-state index in [1.165, 1.54) is 22.5 Å². The molecule has 2 saturated heterocycles. The number of likely N-dealkylation sites (tertiary alicyclic amines) is 2. The van der Waals surface area contributed by atoms with Crippen LogP contribution in [0.2, 0.25) is 0 Å². The van der Waals surface area contributed by atoms with Gasteiger partial charge in [-0.1, -0.05) is 18.2 Å². The van der Waals surface area contributed by atoms with Gasteiger partial charge in [0.2, 0.25) is 0 Å². The maximum atomic E-state index is 12.7. The van der Waals surface area contributed by atoms with E-state index in [0.29, 0.717) is 11.8 Å². The normalized spacial score (nSPS) is 17.0. The van der Waals surface area contributed by atoms with Crippen molar-refractivity contribution in [3.63, 3.8) is 0 Å². The molecule has 0 spiro atoms. The summed E-state index contributed by atoms with van der Waals surface area (Å²) in [6.45, 7) is 5.01. The summed E-state index contributed by atoms with van der Waals surface area (Å²) in [5, 5.41) is 4.99. The Morgan fingerprint density at radius 1 is 0.970 bits per heavy atom. The maximum absolute atomic E-state index is 12.7. The number of thiophene rings is 1. The van der Waals surface area contributed by atoms with Gasteiger partial charge >= 0.3 is 6.03 Å². The van der Waals surface area contributed by atoms with Crippen LogP contribution in [-0.2, 0) is 0 Å². The first kappa shape index (κ1) is 21.6. The van der Waals surface area contributed by atoms with Gasteiger partial charge in [0.05, 0.1) is 4.88 Å². The number of anilines is 1. The van der Waals surface area contributed by atoms with Crippen LogP contribution in [0.25, 0.3) is 0 Å². The third-order valence-corrected chi connectivity index (χ3v) is 7.80. The van der Waals surface area contributed by atoms with Gasteiger partial charge in [-0.15, -0.1) is 11.3 Å². The average Bonchev–Trinajstić information content (AvgIpc) is 3.25. The molecule has 7 heteroatoms. The molecule has 170 valence electrons. The van der Waals surface area contributed by atoms with Gasteiger partial charge in [-0.3, -0.25) is 9.78 Å². The van der Waals surface area contributed by atoms with E-state index in [0.717, 1.165) is 55.1 Å². The SMILES string of the molecule is Cc1ccsc1C(=O)N1CCC(c2ccc(NC(=O)N3CC(c4cccnc4)C3)cc2)CC1. The zero-order chi connectivity index (χ0) is 22.8. The number of rotatable bonds is 4. The number of hydrogen-bond donors (Lipinski definition) is 1. The number of carbonyl (C=O) groups is 2. The summed E-state index contributed by atoms with van der Waals surface area (Å²) in [4.78, 5) is 34.1. The molecule has 1 aromatic carbocycles. The van der Waals surface area contributed by atoms with Crippen molar-refractivity contribution < 1.29 is 9.59 Å². The zero-order valence-electron chi connectivity index (χ0n) is 18.7. The molecule has 2 aromatic heterocycles. The first-order valence-corrected chi connectivity index (χ1v) is 12.4. The number of amides is 3. The predicted molar refractivity (Wildman–Crippen MR) is 131 cm³/mol. The van der Waals surface area contributed by atoms with Gasteiger partial charge in [-0.05, 0) is 72.0 Å². The number of aromatic nitrogens is 1. The van der Waals surface area contributed by atoms with E-state index in [1.807, 2.05) is 52.6 Å². The van der Waals surface area contributed by atoms with Gasteiger partial charge in [0.25, 0.3) is 5.91 Å². The first-order valence-electron chi connectivity index (χ1n) is 11.5. The number of urea groups is 1. The quantitative estimate of drug-likeness (QED) is 0.589. The van der Waals surface area contributed by atoms with E-state index < -0.39 is 0 Å². The second-order valence-corrected chi connectivity index (χ2v) is 9.86.